The number of rotatable bonds is 1. The monoisotopic (exact) mass is 244 g/mol. The number of urea groups is 1. The van der Waals surface area contributed by atoms with Crippen molar-refractivity contribution in [3.05, 3.63) is 0 Å². The van der Waals surface area contributed by atoms with Crippen LogP contribution < -0.4 is 0 Å². The molecule has 2 fully saturated rings. The van der Waals surface area contributed by atoms with Crippen LogP contribution in [-0.2, 0) is 4.79 Å². The zero-order chi connectivity index (χ0) is 11.4. The Labute approximate surface area is 95.1 Å². The van der Waals surface area contributed by atoms with Crippen molar-refractivity contribution in [2.75, 3.05) is 5.75 Å². The van der Waals surface area contributed by atoms with Gasteiger partial charge in [0.1, 0.15) is 6.04 Å². The molecule has 84 valence electrons. The molecule has 3 amide bonds. The predicted octanol–water partition coefficient (Wildman–Crippen LogP) is 1.55. The Morgan fingerprint density at radius 2 is 1.93 bits per heavy atom. The van der Waals surface area contributed by atoms with Crippen LogP contribution in [-0.4, -0.2) is 46.8 Å². The Morgan fingerprint density at radius 3 is 2.40 bits per heavy atom. The number of thioether (sulfide) groups is 1. The van der Waals surface area contributed by atoms with Crippen molar-refractivity contribution in [3.8, 4) is 0 Å². The summed E-state index contributed by atoms with van der Waals surface area (Å²) in [5, 5.41) is 0.146. The molecule has 0 bridgehead atoms. The minimum atomic E-state index is -1.86. The normalized spacial score (nSPS) is 31.5. The number of carbonyl (C=O) groups is 2. The van der Waals surface area contributed by atoms with Gasteiger partial charge in [0.05, 0.1) is 5.37 Å². The third-order valence-corrected chi connectivity index (χ3v) is 5.78. The van der Waals surface area contributed by atoms with Crippen molar-refractivity contribution in [1.29, 1.82) is 0 Å². The van der Waals surface area contributed by atoms with Crippen molar-refractivity contribution in [1.82, 2.24) is 9.47 Å². The van der Waals surface area contributed by atoms with E-state index in [0.717, 1.165) is 5.75 Å². The SMILES string of the molecule is CC1SC[C@H]2C(=O)N([Si](C)(C)C)C(=O)N12. The van der Waals surface area contributed by atoms with Crippen LogP contribution in [0.2, 0.25) is 19.6 Å². The fourth-order valence-electron chi connectivity index (χ4n) is 2.10. The number of nitrogens with zero attached hydrogens (tertiary/aromatic N) is 2. The molecule has 0 aromatic carbocycles. The first-order chi connectivity index (χ1) is 6.84. The average Bonchev–Trinajstić information content (AvgIpc) is 2.54. The molecule has 0 aliphatic carbocycles. The van der Waals surface area contributed by atoms with Crippen LogP contribution in [0.25, 0.3) is 0 Å². The minimum absolute atomic E-state index is 0.0241. The van der Waals surface area contributed by atoms with Gasteiger partial charge in [0.25, 0.3) is 0 Å². The van der Waals surface area contributed by atoms with E-state index in [9.17, 15) is 9.59 Å². The minimum Gasteiger partial charge on any atom is -0.300 e. The maximum absolute atomic E-state index is 12.1. The molecule has 0 spiro atoms. The smallest absolute Gasteiger partial charge is 0.300 e. The summed E-state index contributed by atoms with van der Waals surface area (Å²) in [6.07, 6.45) is 0. The number of amides is 3. The van der Waals surface area contributed by atoms with Gasteiger partial charge in [-0.05, 0) is 6.92 Å². The van der Waals surface area contributed by atoms with E-state index < -0.39 is 8.24 Å². The topological polar surface area (TPSA) is 40.6 Å². The highest BCUT2D eigenvalue weighted by Gasteiger charge is 2.54. The van der Waals surface area contributed by atoms with Crippen LogP contribution in [0.15, 0.2) is 0 Å². The van der Waals surface area contributed by atoms with Crippen molar-refractivity contribution in [2.45, 2.75) is 38.0 Å². The second-order valence-electron chi connectivity index (χ2n) is 4.98. The molecule has 2 heterocycles. The number of imide groups is 1. The molecule has 2 atom stereocenters. The first-order valence-electron chi connectivity index (χ1n) is 5.12. The molecule has 15 heavy (non-hydrogen) atoms. The summed E-state index contributed by atoms with van der Waals surface area (Å²) >= 11 is 1.68. The molecule has 0 aromatic heterocycles. The van der Waals surface area contributed by atoms with Gasteiger partial charge in [-0.15, -0.1) is 11.8 Å². The summed E-state index contributed by atoms with van der Waals surface area (Å²) in [7, 11) is -1.86. The second kappa shape index (κ2) is 3.25. The van der Waals surface area contributed by atoms with Gasteiger partial charge in [-0.3, -0.25) is 9.36 Å². The summed E-state index contributed by atoms with van der Waals surface area (Å²) in [6.45, 7) is 8.08. The standard InChI is InChI=1S/C9H16N2O2SSi/c1-6-10-7(5-14-6)8(12)11(9(10)13)15(2,3)4/h6-7H,5H2,1-4H3/t6?,7-/m0/s1. The van der Waals surface area contributed by atoms with Crippen molar-refractivity contribution < 1.29 is 9.59 Å². The predicted molar refractivity (Wildman–Crippen MR) is 63.1 cm³/mol. The Hall–Kier alpha value is -0.493. The summed E-state index contributed by atoms with van der Waals surface area (Å²) in [5.41, 5.74) is 0. The molecule has 0 aromatic rings. The van der Waals surface area contributed by atoms with E-state index in [2.05, 4.69) is 0 Å². The molecule has 6 heteroatoms. The van der Waals surface area contributed by atoms with E-state index in [1.54, 1.807) is 16.7 Å². The van der Waals surface area contributed by atoms with E-state index in [4.69, 9.17) is 0 Å². The van der Waals surface area contributed by atoms with E-state index in [-0.39, 0.29) is 23.4 Å². The Balaban J connectivity index is 2.33. The highest BCUT2D eigenvalue weighted by molar-refractivity contribution is 8.00. The summed E-state index contributed by atoms with van der Waals surface area (Å²) in [4.78, 5) is 25.9. The third kappa shape index (κ3) is 1.50. The molecule has 2 aliphatic heterocycles. The van der Waals surface area contributed by atoms with Gasteiger partial charge in [-0.2, -0.15) is 0 Å². The fraction of sp³-hybridized carbons (Fsp3) is 0.778. The molecule has 4 nitrogen and oxygen atoms in total. The van der Waals surface area contributed by atoms with E-state index in [1.807, 2.05) is 26.6 Å². The van der Waals surface area contributed by atoms with Crippen molar-refractivity contribution in [3.63, 3.8) is 0 Å². The zero-order valence-electron chi connectivity index (χ0n) is 9.48. The molecule has 0 N–H and O–H groups in total. The van der Waals surface area contributed by atoms with Crippen LogP contribution in [0.1, 0.15) is 6.92 Å². The van der Waals surface area contributed by atoms with Gasteiger partial charge in [-0.25, -0.2) is 4.79 Å². The third-order valence-electron chi connectivity index (χ3n) is 2.81. The van der Waals surface area contributed by atoms with Crippen LogP contribution in [0.5, 0.6) is 0 Å². The lowest BCUT2D eigenvalue weighted by atomic mass is 10.3. The van der Waals surface area contributed by atoms with Crippen LogP contribution in [0.3, 0.4) is 0 Å². The highest BCUT2D eigenvalue weighted by Crippen LogP contribution is 2.36. The highest BCUT2D eigenvalue weighted by atomic mass is 32.2. The van der Waals surface area contributed by atoms with Gasteiger partial charge >= 0.3 is 6.03 Å². The van der Waals surface area contributed by atoms with E-state index in [0.29, 0.717) is 0 Å². The Bertz CT molecular complexity index is 329. The maximum Gasteiger partial charge on any atom is 0.320 e. The zero-order valence-corrected chi connectivity index (χ0v) is 11.3. The van der Waals surface area contributed by atoms with Gasteiger partial charge in [0, 0.05) is 5.75 Å². The quantitative estimate of drug-likeness (QED) is 0.519. The number of carbonyl (C=O) groups excluding carboxylic acids is 2. The summed E-state index contributed by atoms with van der Waals surface area (Å²) < 4.78 is 1.54. The van der Waals surface area contributed by atoms with Crippen molar-refractivity contribution >= 4 is 31.9 Å². The van der Waals surface area contributed by atoms with Crippen LogP contribution in [0.4, 0.5) is 4.79 Å². The van der Waals surface area contributed by atoms with E-state index in [1.165, 1.54) is 4.57 Å². The summed E-state index contributed by atoms with van der Waals surface area (Å²) in [6, 6.07) is -0.258. The fourth-order valence-corrected chi connectivity index (χ4v) is 4.76. The van der Waals surface area contributed by atoms with Gasteiger partial charge < -0.3 is 4.90 Å². The molecule has 2 aliphatic rings. The van der Waals surface area contributed by atoms with Gasteiger partial charge in [0.2, 0.25) is 5.91 Å². The number of hydrogen-bond acceptors (Lipinski definition) is 3. The molecular formula is C9H16N2O2SSi. The number of fused-ring (bicyclic) bond motifs is 1. The Kier molecular flexibility index (Phi) is 2.38. The average molecular weight is 244 g/mol. The Morgan fingerprint density at radius 1 is 1.33 bits per heavy atom. The van der Waals surface area contributed by atoms with Crippen LogP contribution >= 0.6 is 11.8 Å². The molecule has 0 radical (unpaired) electrons. The first kappa shape index (κ1) is 11.0. The second-order valence-corrected chi connectivity index (χ2v) is 11.1. The maximum atomic E-state index is 12.1. The molecule has 0 saturated carbocycles. The van der Waals surface area contributed by atoms with Crippen molar-refractivity contribution in [2.24, 2.45) is 0 Å². The van der Waals surface area contributed by atoms with Gasteiger partial charge in [-0.1, -0.05) is 19.6 Å². The molecule has 1 unspecified atom stereocenters. The molecule has 2 rings (SSSR count). The first-order valence-corrected chi connectivity index (χ1v) is 9.61. The van der Waals surface area contributed by atoms with E-state index >= 15 is 0 Å². The molecular weight excluding hydrogens is 228 g/mol. The van der Waals surface area contributed by atoms with Gasteiger partial charge in [0.15, 0.2) is 8.24 Å². The lowest BCUT2D eigenvalue weighted by molar-refractivity contribution is -0.124. The lowest BCUT2D eigenvalue weighted by Crippen LogP contribution is -2.51. The lowest BCUT2D eigenvalue weighted by Gasteiger charge is -2.28. The largest absolute Gasteiger partial charge is 0.320 e. The molecule has 2 saturated heterocycles. The van der Waals surface area contributed by atoms with Crippen LogP contribution in [0, 0.1) is 0 Å². The number of hydrogen-bond donors (Lipinski definition) is 0. The summed E-state index contributed by atoms with van der Waals surface area (Å²) in [5.74, 6) is 0.781.